The highest BCUT2D eigenvalue weighted by atomic mass is 35.5. The average Bonchev–Trinajstić information content (AvgIpc) is 3.68. The predicted molar refractivity (Wildman–Crippen MR) is 173 cm³/mol. The van der Waals surface area contributed by atoms with Gasteiger partial charge in [-0.1, -0.05) is 23.8 Å². The van der Waals surface area contributed by atoms with Crippen LogP contribution in [0.5, 0.6) is 11.9 Å². The minimum atomic E-state index is -0.545. The molecule has 4 aromatic rings. The number of anilines is 1. The summed E-state index contributed by atoms with van der Waals surface area (Å²) in [6, 6.07) is 3.86. The molecule has 9 rings (SSSR count). The van der Waals surface area contributed by atoms with Gasteiger partial charge in [0, 0.05) is 61.0 Å². The van der Waals surface area contributed by atoms with Gasteiger partial charge in [-0.3, -0.25) is 4.90 Å². The Hall–Kier alpha value is -3.51. The van der Waals surface area contributed by atoms with Crippen molar-refractivity contribution in [2.75, 3.05) is 58.1 Å². The van der Waals surface area contributed by atoms with E-state index >= 15 is 4.39 Å². The lowest BCUT2D eigenvalue weighted by Gasteiger charge is -2.35. The minimum Gasteiger partial charge on any atom is -0.475 e. The number of halogens is 2. The number of aromatic amines is 1. The molecule has 1 N–H and O–H groups in total. The number of nitrogens with one attached hydrogen (secondary N) is 1. The number of rotatable bonds is 6. The minimum absolute atomic E-state index is 0.0131. The summed E-state index contributed by atoms with van der Waals surface area (Å²) >= 11 is 6.87. The number of ether oxygens (including phenoxy) is 4. The van der Waals surface area contributed by atoms with E-state index in [0.717, 1.165) is 67.2 Å². The fourth-order valence-corrected chi connectivity index (χ4v) is 8.59. The smallest absolute Gasteiger partial charge is 0.319 e. The van der Waals surface area contributed by atoms with E-state index in [4.69, 9.17) is 45.5 Å². The van der Waals surface area contributed by atoms with Crippen LogP contribution in [0.4, 0.5) is 10.2 Å². The third kappa shape index (κ3) is 4.35. The van der Waals surface area contributed by atoms with Gasteiger partial charge in [0.2, 0.25) is 5.88 Å². The lowest BCUT2D eigenvalue weighted by atomic mass is 9.91. The van der Waals surface area contributed by atoms with E-state index in [0.29, 0.717) is 60.6 Å². The summed E-state index contributed by atoms with van der Waals surface area (Å²) in [7, 11) is 1.75. The summed E-state index contributed by atoms with van der Waals surface area (Å²) in [4.78, 5) is 22.4. The fraction of sp³-hybridized carbons (Fsp3) is 0.500. The first-order valence-electron chi connectivity index (χ1n) is 16.2. The van der Waals surface area contributed by atoms with E-state index in [1.54, 1.807) is 7.11 Å². The maximum absolute atomic E-state index is 17.2. The van der Waals surface area contributed by atoms with Crippen molar-refractivity contribution < 1.29 is 23.3 Å². The number of nitrogens with zero attached hydrogens (tertiary/aromatic N) is 5. The number of hydrogen-bond acceptors (Lipinski definition) is 9. The molecule has 240 valence electrons. The topological polar surface area (TPSA) is 97.9 Å². The second-order valence-electron chi connectivity index (χ2n) is 13.3. The van der Waals surface area contributed by atoms with Gasteiger partial charge in [0.25, 0.3) is 0 Å². The van der Waals surface area contributed by atoms with Gasteiger partial charge in [-0.25, -0.2) is 9.37 Å². The van der Waals surface area contributed by atoms with Gasteiger partial charge in [0.05, 0.1) is 24.3 Å². The molecule has 12 heteroatoms. The highest BCUT2D eigenvalue weighted by Gasteiger charge is 2.54. The Balaban J connectivity index is 1.23. The van der Waals surface area contributed by atoms with Crippen molar-refractivity contribution >= 4 is 39.2 Å². The van der Waals surface area contributed by atoms with E-state index in [2.05, 4.69) is 21.4 Å². The Morgan fingerprint density at radius 3 is 2.93 bits per heavy atom. The number of benzene rings is 1. The van der Waals surface area contributed by atoms with Crippen LogP contribution in [0.1, 0.15) is 43.6 Å². The molecule has 0 spiro atoms. The molecule has 3 saturated heterocycles. The molecule has 0 bridgehead atoms. The average molecular weight is 647 g/mol. The largest absolute Gasteiger partial charge is 0.475 e. The maximum atomic E-state index is 17.2. The van der Waals surface area contributed by atoms with E-state index < -0.39 is 5.82 Å². The Labute approximate surface area is 270 Å². The van der Waals surface area contributed by atoms with Gasteiger partial charge in [0.15, 0.2) is 5.82 Å². The number of methoxy groups -OCH3 is 1. The summed E-state index contributed by atoms with van der Waals surface area (Å²) in [5.41, 5.74) is 3.50. The van der Waals surface area contributed by atoms with Gasteiger partial charge >= 0.3 is 6.01 Å². The SMILES string of the molecule is C=C1CN2CC[C@H](OC)[C@@]2(COc2nc3c4c(nc(-c5c(C6CC6)c(Cl)cc6[nH]ccc56)c(F)c4n2)OC[C@@H]2COCCCN32)C1. The lowest BCUT2D eigenvalue weighted by Crippen LogP contribution is -2.51. The van der Waals surface area contributed by atoms with Crippen LogP contribution in [0.3, 0.4) is 0 Å². The lowest BCUT2D eigenvalue weighted by molar-refractivity contribution is -0.0119. The van der Waals surface area contributed by atoms with Crippen molar-refractivity contribution in [3.63, 3.8) is 0 Å². The monoisotopic (exact) mass is 646 g/mol. The molecule has 3 atom stereocenters. The first-order chi connectivity index (χ1) is 22.4. The van der Waals surface area contributed by atoms with E-state index in [-0.39, 0.29) is 40.8 Å². The highest BCUT2D eigenvalue weighted by molar-refractivity contribution is 6.33. The molecule has 4 fully saturated rings. The van der Waals surface area contributed by atoms with Crippen molar-refractivity contribution in [3.8, 4) is 23.1 Å². The second kappa shape index (κ2) is 10.8. The molecule has 1 saturated carbocycles. The zero-order chi connectivity index (χ0) is 31.2. The maximum Gasteiger partial charge on any atom is 0.319 e. The Morgan fingerprint density at radius 2 is 2.09 bits per heavy atom. The molecule has 0 unspecified atom stereocenters. The molecule has 46 heavy (non-hydrogen) atoms. The fourth-order valence-electron chi connectivity index (χ4n) is 8.23. The summed E-state index contributed by atoms with van der Waals surface area (Å²) in [6.07, 6.45) is 6.30. The van der Waals surface area contributed by atoms with Crippen molar-refractivity contribution in [2.24, 2.45) is 0 Å². The van der Waals surface area contributed by atoms with Crippen molar-refractivity contribution in [3.05, 3.63) is 46.9 Å². The molecule has 0 amide bonds. The number of fused-ring (bicyclic) bond motifs is 4. The van der Waals surface area contributed by atoms with Gasteiger partial charge in [-0.15, -0.1) is 0 Å². The Kier molecular flexibility index (Phi) is 6.71. The van der Waals surface area contributed by atoms with Gasteiger partial charge in [-0.05, 0) is 55.7 Å². The van der Waals surface area contributed by atoms with Crippen LogP contribution in [0, 0.1) is 5.82 Å². The van der Waals surface area contributed by atoms with Crippen molar-refractivity contribution in [1.29, 1.82) is 0 Å². The molecule has 1 aromatic carbocycles. The van der Waals surface area contributed by atoms with Crippen LogP contribution in [-0.2, 0) is 9.47 Å². The quantitative estimate of drug-likeness (QED) is 0.267. The molecule has 4 aliphatic heterocycles. The third-order valence-electron chi connectivity index (χ3n) is 10.5. The normalized spacial score (nSPS) is 26.2. The number of H-pyrrole nitrogens is 1. The number of aromatic nitrogens is 4. The number of hydrogen-bond donors (Lipinski definition) is 1. The zero-order valence-corrected chi connectivity index (χ0v) is 26.5. The molecule has 5 aliphatic rings. The van der Waals surface area contributed by atoms with Crippen LogP contribution < -0.4 is 14.4 Å². The van der Waals surface area contributed by atoms with Crippen LogP contribution in [0.2, 0.25) is 5.02 Å². The number of pyridine rings is 1. The van der Waals surface area contributed by atoms with Crippen LogP contribution in [0.15, 0.2) is 30.5 Å². The predicted octanol–water partition coefficient (Wildman–Crippen LogP) is 5.63. The van der Waals surface area contributed by atoms with Crippen molar-refractivity contribution in [2.45, 2.75) is 55.7 Å². The van der Waals surface area contributed by atoms with E-state index in [1.165, 1.54) is 0 Å². The summed E-state index contributed by atoms with van der Waals surface area (Å²) in [5.74, 6) is 0.563. The Morgan fingerprint density at radius 1 is 1.20 bits per heavy atom. The zero-order valence-electron chi connectivity index (χ0n) is 25.8. The van der Waals surface area contributed by atoms with Gasteiger partial charge < -0.3 is 28.8 Å². The molecule has 3 aromatic heterocycles. The third-order valence-corrected chi connectivity index (χ3v) is 10.8. The first-order valence-corrected chi connectivity index (χ1v) is 16.6. The summed E-state index contributed by atoms with van der Waals surface area (Å²) in [6.45, 7) is 8.37. The molecular formula is C34H36ClFN6O4. The van der Waals surface area contributed by atoms with Gasteiger partial charge in [0.1, 0.15) is 35.6 Å². The van der Waals surface area contributed by atoms with Crippen LogP contribution in [0.25, 0.3) is 33.1 Å². The molecule has 7 heterocycles. The van der Waals surface area contributed by atoms with E-state index in [1.807, 2.05) is 18.3 Å². The molecule has 1 aliphatic carbocycles. The Bertz CT molecular complexity index is 1900. The first kappa shape index (κ1) is 28.7. The van der Waals surface area contributed by atoms with E-state index in [9.17, 15) is 0 Å². The molecular weight excluding hydrogens is 611 g/mol. The van der Waals surface area contributed by atoms with Gasteiger partial charge in [-0.2, -0.15) is 9.97 Å². The van der Waals surface area contributed by atoms with Crippen molar-refractivity contribution in [1.82, 2.24) is 24.8 Å². The summed E-state index contributed by atoms with van der Waals surface area (Å²) < 4.78 is 42.0. The highest BCUT2D eigenvalue weighted by Crippen LogP contribution is 2.51. The van der Waals surface area contributed by atoms with Crippen LogP contribution >= 0.6 is 11.6 Å². The molecule has 10 nitrogen and oxygen atoms in total. The van der Waals surface area contributed by atoms with Crippen LogP contribution in [-0.4, -0.2) is 95.7 Å². The standard InChI is InChI=1S/C34H36ClFN6O4/c1-18-13-34(24(43-2)7-10-41(34)14-18)17-46-33-39-30-27-31(40-33)42-9-3-11-44-15-20(42)16-45-32(27)38-29(28(30)36)26-21-6-8-37-23(21)12-22(35)25(26)19-4-5-19/h6,8,12,19-20,24,37H,1,3-5,7,9-11,13-17H2,2H3/t20-,24-,34-/m0/s1. The molecule has 0 radical (unpaired) electrons. The second-order valence-corrected chi connectivity index (χ2v) is 13.7. The summed E-state index contributed by atoms with van der Waals surface area (Å²) in [5, 5.41) is 1.91.